The fourth-order valence-electron chi connectivity index (χ4n) is 2.20. The standard InChI is InChI=1S/C15H29N5O.HI/c1-3-5-14(6-11-21)12-19-15(17-4-2)18-8-10-20-9-7-16-13-20;/h7,9,13-14,21H,3-6,8,10-12H2,1-2H3,(H2,17,18,19);1H. The van der Waals surface area contributed by atoms with Crippen molar-refractivity contribution in [2.45, 2.75) is 39.7 Å². The van der Waals surface area contributed by atoms with Crippen molar-refractivity contribution in [1.82, 2.24) is 20.2 Å². The highest BCUT2D eigenvalue weighted by atomic mass is 127. The van der Waals surface area contributed by atoms with Gasteiger partial charge in [0.25, 0.3) is 0 Å². The van der Waals surface area contributed by atoms with Gasteiger partial charge in [0.1, 0.15) is 0 Å². The lowest BCUT2D eigenvalue weighted by Crippen LogP contribution is -2.39. The summed E-state index contributed by atoms with van der Waals surface area (Å²) in [4.78, 5) is 8.65. The van der Waals surface area contributed by atoms with Gasteiger partial charge >= 0.3 is 0 Å². The van der Waals surface area contributed by atoms with E-state index in [1.165, 1.54) is 0 Å². The second-order valence-electron chi connectivity index (χ2n) is 5.11. The Kier molecular flexibility index (Phi) is 13.3. The van der Waals surface area contributed by atoms with Crippen LogP contribution in [0.4, 0.5) is 0 Å². The number of nitrogens with zero attached hydrogens (tertiary/aromatic N) is 3. The van der Waals surface area contributed by atoms with Gasteiger partial charge in [-0.25, -0.2) is 4.98 Å². The van der Waals surface area contributed by atoms with Gasteiger partial charge in [0.05, 0.1) is 6.33 Å². The maximum absolute atomic E-state index is 9.09. The maximum Gasteiger partial charge on any atom is 0.191 e. The fourth-order valence-corrected chi connectivity index (χ4v) is 2.20. The molecule has 1 atom stereocenters. The van der Waals surface area contributed by atoms with Crippen LogP contribution in [0.2, 0.25) is 0 Å². The molecular formula is C15H30IN5O. The van der Waals surface area contributed by atoms with E-state index in [2.05, 4.69) is 34.5 Å². The summed E-state index contributed by atoms with van der Waals surface area (Å²) >= 11 is 0. The average Bonchev–Trinajstić information content (AvgIpc) is 2.98. The Morgan fingerprint density at radius 3 is 2.73 bits per heavy atom. The van der Waals surface area contributed by atoms with Crippen LogP contribution in [0.25, 0.3) is 0 Å². The molecule has 0 aliphatic rings. The summed E-state index contributed by atoms with van der Waals surface area (Å²) < 4.78 is 2.03. The summed E-state index contributed by atoms with van der Waals surface area (Å²) in [6, 6.07) is 0. The van der Waals surface area contributed by atoms with Gasteiger partial charge in [-0.15, -0.1) is 24.0 Å². The van der Waals surface area contributed by atoms with E-state index < -0.39 is 0 Å². The molecule has 1 rings (SSSR count). The third-order valence-corrected chi connectivity index (χ3v) is 3.31. The largest absolute Gasteiger partial charge is 0.396 e. The molecule has 7 heteroatoms. The minimum absolute atomic E-state index is 0. The van der Waals surface area contributed by atoms with Gasteiger partial charge < -0.3 is 20.3 Å². The van der Waals surface area contributed by atoms with Crippen LogP contribution in [0.1, 0.15) is 33.1 Å². The molecule has 0 saturated carbocycles. The number of nitrogens with one attached hydrogen (secondary N) is 2. The molecule has 1 heterocycles. The monoisotopic (exact) mass is 423 g/mol. The summed E-state index contributed by atoms with van der Waals surface area (Å²) in [6.07, 6.45) is 8.60. The smallest absolute Gasteiger partial charge is 0.191 e. The van der Waals surface area contributed by atoms with Gasteiger partial charge in [0.2, 0.25) is 0 Å². The predicted octanol–water partition coefficient (Wildman–Crippen LogP) is 1.85. The number of aliphatic hydroxyl groups excluding tert-OH is 1. The molecule has 6 nitrogen and oxygen atoms in total. The van der Waals surface area contributed by atoms with Crippen LogP contribution in [0.3, 0.4) is 0 Å². The lowest BCUT2D eigenvalue weighted by molar-refractivity contribution is 0.253. The Bertz CT molecular complexity index is 377. The summed E-state index contributed by atoms with van der Waals surface area (Å²) in [6.45, 7) is 7.74. The number of rotatable bonds is 10. The SMILES string of the molecule is CCCC(CCO)CN=C(NCC)NCCn1ccnc1.I. The van der Waals surface area contributed by atoms with E-state index in [-0.39, 0.29) is 30.6 Å². The molecule has 1 aromatic rings. The molecule has 1 aromatic heterocycles. The number of halogens is 1. The maximum atomic E-state index is 9.09. The third kappa shape index (κ3) is 9.24. The first kappa shape index (κ1) is 21.2. The molecule has 0 aliphatic heterocycles. The highest BCUT2D eigenvalue weighted by Crippen LogP contribution is 2.10. The fraction of sp³-hybridized carbons (Fsp3) is 0.733. The van der Waals surface area contributed by atoms with Crippen LogP contribution in [-0.2, 0) is 6.54 Å². The average molecular weight is 423 g/mol. The van der Waals surface area contributed by atoms with E-state index in [0.29, 0.717) is 5.92 Å². The number of guanidine groups is 1. The minimum Gasteiger partial charge on any atom is -0.396 e. The van der Waals surface area contributed by atoms with Gasteiger partial charge in [-0.1, -0.05) is 13.3 Å². The number of aliphatic hydroxyl groups is 1. The molecule has 0 saturated heterocycles. The lowest BCUT2D eigenvalue weighted by atomic mass is 10.0. The number of hydrogen-bond donors (Lipinski definition) is 3. The Hall–Kier alpha value is -0.830. The Balaban J connectivity index is 0.00000441. The van der Waals surface area contributed by atoms with Crippen LogP contribution in [0.5, 0.6) is 0 Å². The molecule has 0 radical (unpaired) electrons. The van der Waals surface area contributed by atoms with Crippen LogP contribution in [0, 0.1) is 5.92 Å². The van der Waals surface area contributed by atoms with Crippen molar-refractivity contribution >= 4 is 29.9 Å². The quantitative estimate of drug-likeness (QED) is 0.305. The summed E-state index contributed by atoms with van der Waals surface area (Å²) in [5.41, 5.74) is 0. The van der Waals surface area contributed by atoms with E-state index in [1.54, 1.807) is 6.20 Å². The van der Waals surface area contributed by atoms with Crippen molar-refractivity contribution in [3.8, 4) is 0 Å². The minimum atomic E-state index is 0. The van der Waals surface area contributed by atoms with E-state index in [4.69, 9.17) is 5.11 Å². The van der Waals surface area contributed by atoms with Crippen molar-refractivity contribution in [3.63, 3.8) is 0 Å². The zero-order valence-electron chi connectivity index (χ0n) is 13.7. The molecule has 3 N–H and O–H groups in total. The Labute approximate surface area is 150 Å². The first-order valence-corrected chi connectivity index (χ1v) is 7.88. The normalized spacial score (nSPS) is 12.6. The summed E-state index contributed by atoms with van der Waals surface area (Å²) in [5.74, 6) is 1.31. The van der Waals surface area contributed by atoms with Gasteiger partial charge in [0, 0.05) is 45.2 Å². The summed E-state index contributed by atoms with van der Waals surface area (Å²) in [7, 11) is 0. The van der Waals surface area contributed by atoms with Crippen molar-refractivity contribution in [3.05, 3.63) is 18.7 Å². The van der Waals surface area contributed by atoms with Gasteiger partial charge in [-0.2, -0.15) is 0 Å². The van der Waals surface area contributed by atoms with Gasteiger partial charge in [-0.3, -0.25) is 4.99 Å². The molecule has 0 fully saturated rings. The van der Waals surface area contributed by atoms with Crippen LogP contribution in [-0.4, -0.2) is 46.9 Å². The zero-order chi connectivity index (χ0) is 15.3. The topological polar surface area (TPSA) is 74.5 Å². The molecule has 128 valence electrons. The highest BCUT2D eigenvalue weighted by Gasteiger charge is 2.07. The van der Waals surface area contributed by atoms with Crippen LogP contribution < -0.4 is 10.6 Å². The molecule has 0 amide bonds. The Morgan fingerprint density at radius 2 is 2.14 bits per heavy atom. The summed E-state index contributed by atoms with van der Waals surface area (Å²) in [5, 5.41) is 15.7. The predicted molar refractivity (Wildman–Crippen MR) is 102 cm³/mol. The van der Waals surface area contributed by atoms with Crippen molar-refractivity contribution in [2.75, 3.05) is 26.2 Å². The number of imidazole rings is 1. The first-order valence-electron chi connectivity index (χ1n) is 7.88. The molecule has 0 aromatic carbocycles. The van der Waals surface area contributed by atoms with Crippen molar-refractivity contribution < 1.29 is 5.11 Å². The second kappa shape index (κ2) is 13.8. The van der Waals surface area contributed by atoms with Crippen LogP contribution in [0.15, 0.2) is 23.7 Å². The zero-order valence-corrected chi connectivity index (χ0v) is 16.0. The molecule has 0 bridgehead atoms. The molecule has 1 unspecified atom stereocenters. The van der Waals surface area contributed by atoms with E-state index in [9.17, 15) is 0 Å². The van der Waals surface area contributed by atoms with Gasteiger partial charge in [-0.05, 0) is 25.7 Å². The van der Waals surface area contributed by atoms with E-state index in [0.717, 1.165) is 51.4 Å². The Morgan fingerprint density at radius 1 is 1.32 bits per heavy atom. The van der Waals surface area contributed by atoms with Crippen molar-refractivity contribution in [2.24, 2.45) is 10.9 Å². The third-order valence-electron chi connectivity index (χ3n) is 3.31. The second-order valence-corrected chi connectivity index (χ2v) is 5.11. The number of hydrogen-bond acceptors (Lipinski definition) is 3. The first-order chi connectivity index (χ1) is 10.3. The molecule has 0 spiro atoms. The number of aromatic nitrogens is 2. The van der Waals surface area contributed by atoms with Crippen LogP contribution >= 0.6 is 24.0 Å². The van der Waals surface area contributed by atoms with Gasteiger partial charge in [0.15, 0.2) is 5.96 Å². The van der Waals surface area contributed by atoms with E-state index in [1.807, 2.05) is 17.1 Å². The molecule has 22 heavy (non-hydrogen) atoms. The molecular weight excluding hydrogens is 393 g/mol. The lowest BCUT2D eigenvalue weighted by Gasteiger charge is -2.15. The molecule has 0 aliphatic carbocycles. The number of aliphatic imine (C=N–C) groups is 1. The highest BCUT2D eigenvalue weighted by molar-refractivity contribution is 14.0. The van der Waals surface area contributed by atoms with Crippen molar-refractivity contribution in [1.29, 1.82) is 0 Å². The van der Waals surface area contributed by atoms with E-state index >= 15 is 0 Å².